The minimum absolute atomic E-state index is 0.119. The van der Waals surface area contributed by atoms with Gasteiger partial charge in [0.05, 0.1) is 5.02 Å². The molecule has 0 spiro atoms. The van der Waals surface area contributed by atoms with E-state index in [0.717, 1.165) is 6.54 Å². The van der Waals surface area contributed by atoms with Crippen LogP contribution in [-0.4, -0.2) is 38.1 Å². The second-order valence-electron chi connectivity index (χ2n) is 3.98. The summed E-state index contributed by atoms with van der Waals surface area (Å²) < 4.78 is 5.54. The molecule has 0 bridgehead atoms. The number of nitrogens with one attached hydrogen (secondary N) is 1. The first-order chi connectivity index (χ1) is 7.99. The van der Waals surface area contributed by atoms with Crippen molar-refractivity contribution in [3.05, 3.63) is 23.2 Å². The van der Waals surface area contributed by atoms with Gasteiger partial charge in [0, 0.05) is 25.2 Å². The summed E-state index contributed by atoms with van der Waals surface area (Å²) in [6.45, 7) is 2.82. The van der Waals surface area contributed by atoms with Gasteiger partial charge in [-0.05, 0) is 26.2 Å². The maximum Gasteiger partial charge on any atom is 0.221 e. The van der Waals surface area contributed by atoms with Crippen molar-refractivity contribution in [2.24, 2.45) is 0 Å². The number of halogens is 1. The lowest BCUT2D eigenvalue weighted by atomic mass is 10.3. The fraction of sp³-hybridized carbons (Fsp3) is 0.417. The maximum atomic E-state index is 10.9. The number of rotatable bonds is 5. The van der Waals surface area contributed by atoms with Crippen LogP contribution in [0.25, 0.3) is 0 Å². The molecular formula is C12H17ClN2O2. The van der Waals surface area contributed by atoms with E-state index < -0.39 is 0 Å². The number of carbonyl (C=O) groups is 1. The van der Waals surface area contributed by atoms with Crippen molar-refractivity contribution in [1.29, 1.82) is 0 Å². The molecule has 0 unspecified atom stereocenters. The lowest BCUT2D eigenvalue weighted by molar-refractivity contribution is -0.114. The molecule has 0 aliphatic rings. The van der Waals surface area contributed by atoms with Crippen LogP contribution >= 0.6 is 11.6 Å². The first-order valence-corrected chi connectivity index (χ1v) is 5.71. The smallest absolute Gasteiger partial charge is 0.221 e. The lowest BCUT2D eigenvalue weighted by Gasteiger charge is -2.13. The van der Waals surface area contributed by atoms with Gasteiger partial charge in [-0.2, -0.15) is 0 Å². The second-order valence-corrected chi connectivity index (χ2v) is 4.39. The minimum atomic E-state index is -0.119. The van der Waals surface area contributed by atoms with Crippen LogP contribution in [0, 0.1) is 0 Å². The van der Waals surface area contributed by atoms with Crippen molar-refractivity contribution in [2.45, 2.75) is 6.92 Å². The molecule has 1 amide bonds. The fourth-order valence-corrected chi connectivity index (χ4v) is 1.41. The van der Waals surface area contributed by atoms with Crippen LogP contribution in [0.4, 0.5) is 5.69 Å². The highest BCUT2D eigenvalue weighted by Crippen LogP contribution is 2.27. The van der Waals surface area contributed by atoms with Gasteiger partial charge in [0.2, 0.25) is 5.91 Å². The van der Waals surface area contributed by atoms with Crippen molar-refractivity contribution in [3.8, 4) is 5.75 Å². The molecule has 0 heterocycles. The summed E-state index contributed by atoms with van der Waals surface area (Å²) in [6.07, 6.45) is 0. The van der Waals surface area contributed by atoms with E-state index in [1.165, 1.54) is 6.92 Å². The zero-order valence-corrected chi connectivity index (χ0v) is 11.0. The lowest BCUT2D eigenvalue weighted by Crippen LogP contribution is -2.19. The third-order valence-corrected chi connectivity index (χ3v) is 2.36. The molecular weight excluding hydrogens is 240 g/mol. The van der Waals surface area contributed by atoms with Crippen molar-refractivity contribution in [2.75, 3.05) is 32.6 Å². The topological polar surface area (TPSA) is 41.6 Å². The van der Waals surface area contributed by atoms with Crippen LogP contribution in [0.5, 0.6) is 5.75 Å². The quantitative estimate of drug-likeness (QED) is 0.879. The molecule has 0 fully saturated rings. The summed E-state index contributed by atoms with van der Waals surface area (Å²) in [7, 11) is 3.94. The van der Waals surface area contributed by atoms with Gasteiger partial charge in [-0.1, -0.05) is 11.6 Å². The average Bonchev–Trinajstić information content (AvgIpc) is 2.21. The molecule has 94 valence electrons. The van der Waals surface area contributed by atoms with Crippen LogP contribution in [0.15, 0.2) is 18.2 Å². The Labute approximate surface area is 107 Å². The molecule has 1 aromatic rings. The first kappa shape index (κ1) is 13.8. The van der Waals surface area contributed by atoms with E-state index in [-0.39, 0.29) is 5.91 Å². The molecule has 5 heteroatoms. The van der Waals surface area contributed by atoms with Crippen molar-refractivity contribution < 1.29 is 9.53 Å². The Morgan fingerprint density at radius 3 is 2.76 bits per heavy atom. The molecule has 4 nitrogen and oxygen atoms in total. The van der Waals surface area contributed by atoms with Crippen LogP contribution in [-0.2, 0) is 4.79 Å². The van der Waals surface area contributed by atoms with Gasteiger partial charge in [0.1, 0.15) is 12.4 Å². The molecule has 0 saturated carbocycles. The van der Waals surface area contributed by atoms with Gasteiger partial charge in [-0.15, -0.1) is 0 Å². The third kappa shape index (κ3) is 5.06. The number of ether oxygens (including phenoxy) is 1. The van der Waals surface area contributed by atoms with Gasteiger partial charge in [-0.25, -0.2) is 0 Å². The van der Waals surface area contributed by atoms with Crippen LogP contribution in [0.2, 0.25) is 5.02 Å². The van der Waals surface area contributed by atoms with E-state index >= 15 is 0 Å². The Kier molecular flexibility index (Phi) is 5.25. The highest BCUT2D eigenvalue weighted by molar-refractivity contribution is 6.32. The summed E-state index contributed by atoms with van der Waals surface area (Å²) in [5.41, 5.74) is 0.682. The Morgan fingerprint density at radius 2 is 2.18 bits per heavy atom. The monoisotopic (exact) mass is 256 g/mol. The van der Waals surface area contributed by atoms with E-state index in [0.29, 0.717) is 23.1 Å². The number of carbonyl (C=O) groups excluding carboxylic acids is 1. The fourth-order valence-electron chi connectivity index (χ4n) is 1.23. The minimum Gasteiger partial charge on any atom is -0.491 e. The van der Waals surface area contributed by atoms with E-state index in [2.05, 4.69) is 5.32 Å². The number of likely N-dealkylation sites (N-methyl/N-ethyl adjacent to an activating group) is 1. The van der Waals surface area contributed by atoms with Crippen LogP contribution in [0.1, 0.15) is 6.92 Å². The number of nitrogens with zero attached hydrogens (tertiary/aromatic N) is 1. The zero-order valence-electron chi connectivity index (χ0n) is 10.3. The van der Waals surface area contributed by atoms with Crippen LogP contribution < -0.4 is 10.1 Å². The second kappa shape index (κ2) is 6.47. The van der Waals surface area contributed by atoms with Gasteiger partial charge in [-0.3, -0.25) is 4.79 Å². The summed E-state index contributed by atoms with van der Waals surface area (Å²) in [5, 5.41) is 3.22. The van der Waals surface area contributed by atoms with Crippen molar-refractivity contribution >= 4 is 23.2 Å². The summed E-state index contributed by atoms with van der Waals surface area (Å²) in [6, 6.07) is 5.17. The number of hydrogen-bond donors (Lipinski definition) is 1. The first-order valence-electron chi connectivity index (χ1n) is 5.33. The summed E-state index contributed by atoms with van der Waals surface area (Å²) in [5.74, 6) is 0.464. The molecule has 0 radical (unpaired) electrons. The Balaban J connectivity index is 2.66. The number of benzene rings is 1. The van der Waals surface area contributed by atoms with Gasteiger partial charge in [0.15, 0.2) is 0 Å². The van der Waals surface area contributed by atoms with Gasteiger partial charge < -0.3 is 15.0 Å². The van der Waals surface area contributed by atoms with E-state index in [9.17, 15) is 4.79 Å². The van der Waals surface area contributed by atoms with E-state index in [4.69, 9.17) is 16.3 Å². The Hall–Kier alpha value is -1.26. The third-order valence-electron chi connectivity index (χ3n) is 2.05. The van der Waals surface area contributed by atoms with E-state index in [1.807, 2.05) is 19.0 Å². The highest BCUT2D eigenvalue weighted by Gasteiger charge is 2.04. The molecule has 0 aromatic heterocycles. The molecule has 0 aliphatic heterocycles. The maximum absolute atomic E-state index is 10.9. The predicted molar refractivity (Wildman–Crippen MR) is 69.8 cm³/mol. The number of anilines is 1. The number of hydrogen-bond acceptors (Lipinski definition) is 3. The largest absolute Gasteiger partial charge is 0.491 e. The predicted octanol–water partition coefficient (Wildman–Crippen LogP) is 2.24. The standard InChI is InChI=1S/C12H17ClN2O2/c1-9(16)14-10-4-5-11(13)12(8-10)17-7-6-15(2)3/h4-5,8H,6-7H2,1-3H3,(H,14,16). The highest BCUT2D eigenvalue weighted by atomic mass is 35.5. The van der Waals surface area contributed by atoms with Crippen molar-refractivity contribution in [1.82, 2.24) is 4.90 Å². The zero-order chi connectivity index (χ0) is 12.8. The summed E-state index contributed by atoms with van der Waals surface area (Å²) >= 11 is 6.00. The normalized spacial score (nSPS) is 10.4. The molecule has 0 aliphatic carbocycles. The van der Waals surface area contributed by atoms with Gasteiger partial charge in [0.25, 0.3) is 0 Å². The average molecular weight is 257 g/mol. The molecule has 0 saturated heterocycles. The SMILES string of the molecule is CC(=O)Nc1ccc(Cl)c(OCCN(C)C)c1. The molecule has 1 rings (SSSR count). The molecule has 1 N–H and O–H groups in total. The van der Waals surface area contributed by atoms with E-state index in [1.54, 1.807) is 18.2 Å². The Bertz CT molecular complexity index is 394. The number of amides is 1. The van der Waals surface area contributed by atoms with Gasteiger partial charge >= 0.3 is 0 Å². The molecule has 17 heavy (non-hydrogen) atoms. The molecule has 1 aromatic carbocycles. The molecule has 0 atom stereocenters. The van der Waals surface area contributed by atoms with Crippen molar-refractivity contribution in [3.63, 3.8) is 0 Å². The van der Waals surface area contributed by atoms with Crippen LogP contribution in [0.3, 0.4) is 0 Å². The Morgan fingerprint density at radius 1 is 1.47 bits per heavy atom. The summed E-state index contributed by atoms with van der Waals surface area (Å²) in [4.78, 5) is 12.9.